The normalized spacial score (nSPS) is 27.6. The third-order valence-corrected chi connectivity index (χ3v) is 3.02. The lowest BCUT2D eigenvalue weighted by molar-refractivity contribution is 0.390. The molecule has 1 aromatic heterocycles. The highest BCUT2D eigenvalue weighted by atomic mass is 14.8. The molecule has 0 aromatic carbocycles. The molecule has 3 heteroatoms. The Morgan fingerprint density at radius 1 is 1.21 bits per heavy atom. The van der Waals surface area contributed by atoms with Gasteiger partial charge in [-0.3, -0.25) is 0 Å². The number of hydrogen-bond acceptors (Lipinski definition) is 3. The van der Waals surface area contributed by atoms with Gasteiger partial charge in [0.1, 0.15) is 6.33 Å². The Bertz CT molecular complexity index is 303. The van der Waals surface area contributed by atoms with Crippen LogP contribution in [-0.4, -0.2) is 16.0 Å². The van der Waals surface area contributed by atoms with Crippen molar-refractivity contribution >= 4 is 0 Å². The molecule has 2 N–H and O–H groups in total. The second-order valence-corrected chi connectivity index (χ2v) is 4.20. The van der Waals surface area contributed by atoms with Crippen molar-refractivity contribution < 1.29 is 0 Å². The van der Waals surface area contributed by atoms with Crippen LogP contribution < -0.4 is 5.73 Å². The highest BCUT2D eigenvalue weighted by Crippen LogP contribution is 2.30. The Morgan fingerprint density at radius 3 is 2.57 bits per heavy atom. The van der Waals surface area contributed by atoms with Crippen LogP contribution in [0.2, 0.25) is 0 Å². The van der Waals surface area contributed by atoms with Gasteiger partial charge in [-0.2, -0.15) is 0 Å². The van der Waals surface area contributed by atoms with E-state index in [0.29, 0.717) is 12.0 Å². The van der Waals surface area contributed by atoms with Crippen LogP contribution >= 0.6 is 0 Å². The maximum atomic E-state index is 5.87. The molecule has 0 atom stereocenters. The predicted molar refractivity (Wildman–Crippen MR) is 56.0 cm³/mol. The van der Waals surface area contributed by atoms with Crippen molar-refractivity contribution in [2.24, 2.45) is 5.73 Å². The van der Waals surface area contributed by atoms with E-state index in [0.717, 1.165) is 18.5 Å². The van der Waals surface area contributed by atoms with Crippen molar-refractivity contribution in [2.45, 2.75) is 44.6 Å². The zero-order valence-corrected chi connectivity index (χ0v) is 8.61. The van der Waals surface area contributed by atoms with Crippen LogP contribution in [0.4, 0.5) is 0 Å². The number of hydrogen-bond donors (Lipinski definition) is 1. The van der Waals surface area contributed by atoms with Crippen molar-refractivity contribution in [1.82, 2.24) is 9.97 Å². The average Bonchev–Trinajstić information content (AvgIpc) is 2.19. The minimum Gasteiger partial charge on any atom is -0.328 e. The molecule has 1 heterocycles. The van der Waals surface area contributed by atoms with Gasteiger partial charge in [-0.05, 0) is 38.7 Å². The Labute approximate surface area is 84.8 Å². The summed E-state index contributed by atoms with van der Waals surface area (Å²) in [4.78, 5) is 8.45. The first-order valence-electron chi connectivity index (χ1n) is 5.30. The van der Waals surface area contributed by atoms with Crippen molar-refractivity contribution in [3.05, 3.63) is 23.8 Å². The van der Waals surface area contributed by atoms with E-state index in [-0.39, 0.29) is 0 Å². The van der Waals surface area contributed by atoms with Crippen molar-refractivity contribution in [1.29, 1.82) is 0 Å². The third-order valence-electron chi connectivity index (χ3n) is 3.02. The van der Waals surface area contributed by atoms with Gasteiger partial charge in [0.05, 0.1) is 0 Å². The Hall–Kier alpha value is -0.960. The van der Waals surface area contributed by atoms with Crippen LogP contribution in [0.25, 0.3) is 0 Å². The lowest BCUT2D eigenvalue weighted by Crippen LogP contribution is -2.26. The first kappa shape index (κ1) is 9.59. The van der Waals surface area contributed by atoms with Gasteiger partial charge < -0.3 is 5.73 Å². The van der Waals surface area contributed by atoms with Crippen molar-refractivity contribution in [3.8, 4) is 0 Å². The van der Waals surface area contributed by atoms with Crippen LogP contribution in [0.15, 0.2) is 12.4 Å². The molecule has 1 fully saturated rings. The van der Waals surface area contributed by atoms with E-state index in [1.54, 1.807) is 6.33 Å². The molecule has 0 radical (unpaired) electrons. The zero-order chi connectivity index (χ0) is 9.97. The van der Waals surface area contributed by atoms with Gasteiger partial charge in [-0.1, -0.05) is 0 Å². The minimum atomic E-state index is 0.411. The highest BCUT2D eigenvalue weighted by molar-refractivity contribution is 5.12. The number of aryl methyl sites for hydroxylation is 1. The fraction of sp³-hybridized carbons (Fsp3) is 0.636. The molecule has 1 saturated carbocycles. The minimum absolute atomic E-state index is 0.411. The van der Waals surface area contributed by atoms with E-state index in [4.69, 9.17) is 5.73 Å². The predicted octanol–water partition coefficient (Wildman–Crippen LogP) is 1.77. The van der Waals surface area contributed by atoms with E-state index >= 15 is 0 Å². The van der Waals surface area contributed by atoms with Gasteiger partial charge in [0.2, 0.25) is 0 Å². The molecule has 14 heavy (non-hydrogen) atoms. The number of nitrogens with two attached hydrogens (primary N) is 1. The van der Waals surface area contributed by atoms with Crippen LogP contribution in [0.5, 0.6) is 0 Å². The molecule has 2 rings (SSSR count). The standard InChI is InChI=1S/C11H17N3/c1-8-6-11(14-7-13-8)9-2-4-10(12)5-3-9/h6-7,9-10H,2-5,12H2,1H3. The Morgan fingerprint density at radius 2 is 1.93 bits per heavy atom. The summed E-state index contributed by atoms with van der Waals surface area (Å²) in [5.41, 5.74) is 8.13. The average molecular weight is 191 g/mol. The van der Waals surface area contributed by atoms with E-state index in [9.17, 15) is 0 Å². The fourth-order valence-electron chi connectivity index (χ4n) is 2.11. The SMILES string of the molecule is Cc1cc(C2CCC(N)CC2)ncn1. The smallest absolute Gasteiger partial charge is 0.115 e. The molecule has 0 amide bonds. The molecule has 1 aliphatic carbocycles. The number of nitrogens with zero attached hydrogens (tertiary/aromatic N) is 2. The lowest BCUT2D eigenvalue weighted by Gasteiger charge is -2.25. The van der Waals surface area contributed by atoms with Crippen LogP contribution in [-0.2, 0) is 0 Å². The fourth-order valence-corrected chi connectivity index (χ4v) is 2.11. The summed E-state index contributed by atoms with van der Waals surface area (Å²) in [5.74, 6) is 0.608. The molecule has 0 spiro atoms. The Kier molecular flexibility index (Phi) is 2.77. The topological polar surface area (TPSA) is 51.8 Å². The summed E-state index contributed by atoms with van der Waals surface area (Å²) in [7, 11) is 0. The Balaban J connectivity index is 2.08. The zero-order valence-electron chi connectivity index (χ0n) is 8.61. The quantitative estimate of drug-likeness (QED) is 0.736. The largest absolute Gasteiger partial charge is 0.328 e. The van der Waals surface area contributed by atoms with Gasteiger partial charge in [-0.15, -0.1) is 0 Å². The summed E-state index contributed by atoms with van der Waals surface area (Å²) < 4.78 is 0. The van der Waals surface area contributed by atoms with Crippen molar-refractivity contribution in [2.75, 3.05) is 0 Å². The first-order chi connectivity index (χ1) is 6.75. The maximum Gasteiger partial charge on any atom is 0.115 e. The molecule has 76 valence electrons. The molecule has 0 unspecified atom stereocenters. The monoisotopic (exact) mass is 191 g/mol. The summed E-state index contributed by atoms with van der Waals surface area (Å²) >= 11 is 0. The molecule has 0 aliphatic heterocycles. The second-order valence-electron chi connectivity index (χ2n) is 4.20. The molecule has 1 aromatic rings. The number of aromatic nitrogens is 2. The summed E-state index contributed by atoms with van der Waals surface area (Å²) in [5, 5.41) is 0. The van der Waals surface area contributed by atoms with Gasteiger partial charge >= 0.3 is 0 Å². The molecule has 1 aliphatic rings. The molecule has 0 bridgehead atoms. The van der Waals surface area contributed by atoms with Gasteiger partial charge in [-0.25, -0.2) is 9.97 Å². The molecular weight excluding hydrogens is 174 g/mol. The lowest BCUT2D eigenvalue weighted by atomic mass is 9.84. The van der Waals surface area contributed by atoms with E-state index in [1.165, 1.54) is 18.5 Å². The maximum absolute atomic E-state index is 5.87. The van der Waals surface area contributed by atoms with E-state index in [2.05, 4.69) is 16.0 Å². The van der Waals surface area contributed by atoms with Crippen LogP contribution in [0.1, 0.15) is 43.0 Å². The summed E-state index contributed by atoms with van der Waals surface area (Å²) in [6, 6.07) is 2.51. The highest BCUT2D eigenvalue weighted by Gasteiger charge is 2.20. The van der Waals surface area contributed by atoms with Crippen molar-refractivity contribution in [3.63, 3.8) is 0 Å². The van der Waals surface area contributed by atoms with E-state index in [1.807, 2.05) is 6.92 Å². The third kappa shape index (κ3) is 2.10. The van der Waals surface area contributed by atoms with Gasteiger partial charge in [0.15, 0.2) is 0 Å². The number of rotatable bonds is 1. The summed E-state index contributed by atoms with van der Waals surface area (Å²) in [6.45, 7) is 2.01. The second kappa shape index (κ2) is 4.05. The first-order valence-corrected chi connectivity index (χ1v) is 5.30. The van der Waals surface area contributed by atoms with Crippen LogP contribution in [0.3, 0.4) is 0 Å². The van der Waals surface area contributed by atoms with Gasteiger partial charge in [0, 0.05) is 23.3 Å². The molecule has 0 saturated heterocycles. The van der Waals surface area contributed by atoms with Crippen LogP contribution in [0, 0.1) is 6.92 Å². The molecular formula is C11H17N3. The van der Waals surface area contributed by atoms with E-state index < -0.39 is 0 Å². The van der Waals surface area contributed by atoms with Gasteiger partial charge in [0.25, 0.3) is 0 Å². The molecule has 3 nitrogen and oxygen atoms in total. The summed E-state index contributed by atoms with van der Waals surface area (Å²) in [6.07, 6.45) is 6.29.